The number of hydrogen-bond donors (Lipinski definition) is 2. The van der Waals surface area contributed by atoms with Gasteiger partial charge in [-0.15, -0.1) is 0 Å². The summed E-state index contributed by atoms with van der Waals surface area (Å²) in [5, 5.41) is 5.79. The van der Waals surface area contributed by atoms with E-state index in [2.05, 4.69) is 31.4 Å². The van der Waals surface area contributed by atoms with Crippen molar-refractivity contribution >= 4 is 17.8 Å². The van der Waals surface area contributed by atoms with Crippen molar-refractivity contribution in [2.24, 2.45) is 11.8 Å². The Labute approximate surface area is 157 Å². The monoisotopic (exact) mass is 365 g/mol. The third kappa shape index (κ3) is 4.77. The maximum Gasteiger partial charge on any atom is 0.325 e. The second kappa shape index (κ2) is 9.38. The maximum absolute atomic E-state index is 12.8. The Hall–Kier alpha value is -1.59. The van der Waals surface area contributed by atoms with Crippen LogP contribution in [0.3, 0.4) is 0 Å². The average Bonchev–Trinajstić information content (AvgIpc) is 2.87. The summed E-state index contributed by atoms with van der Waals surface area (Å²) in [5.74, 6) is 0.627. The van der Waals surface area contributed by atoms with Gasteiger partial charge in [-0.25, -0.2) is 4.79 Å². The molecule has 1 heterocycles. The van der Waals surface area contributed by atoms with E-state index in [1.54, 1.807) is 0 Å². The minimum Gasteiger partial charge on any atom is -0.354 e. The Kier molecular flexibility index (Phi) is 7.47. The van der Waals surface area contributed by atoms with Gasteiger partial charge < -0.3 is 10.6 Å². The zero-order chi connectivity index (χ0) is 19.2. The molecule has 0 aromatic rings. The molecule has 2 N–H and O–H groups in total. The van der Waals surface area contributed by atoms with E-state index in [0.29, 0.717) is 31.2 Å². The molecule has 1 spiro atoms. The molecule has 148 valence electrons. The standard InChI is InChI=1S/C20H35N3O3/c1-4-7-8-16(6-3)13-21-17(24)14-23-18(25)20(22-19(23)26)11-9-15(5-2)10-12-20/h15-16H,4-14H2,1-3H3,(H,21,24)(H,22,26). The van der Waals surface area contributed by atoms with Gasteiger partial charge in [0.1, 0.15) is 12.1 Å². The van der Waals surface area contributed by atoms with Gasteiger partial charge in [-0.3, -0.25) is 14.5 Å². The minimum absolute atomic E-state index is 0.173. The highest BCUT2D eigenvalue weighted by atomic mass is 16.2. The van der Waals surface area contributed by atoms with Crippen LogP contribution in [0, 0.1) is 11.8 Å². The molecule has 0 aromatic carbocycles. The lowest BCUT2D eigenvalue weighted by molar-refractivity contribution is -0.136. The number of unbranched alkanes of at least 4 members (excludes halogenated alkanes) is 1. The Morgan fingerprint density at radius 2 is 1.96 bits per heavy atom. The molecule has 1 saturated carbocycles. The van der Waals surface area contributed by atoms with E-state index in [9.17, 15) is 14.4 Å². The van der Waals surface area contributed by atoms with Crippen LogP contribution < -0.4 is 10.6 Å². The van der Waals surface area contributed by atoms with Gasteiger partial charge >= 0.3 is 6.03 Å². The molecule has 1 unspecified atom stereocenters. The fraction of sp³-hybridized carbons (Fsp3) is 0.850. The van der Waals surface area contributed by atoms with Crippen LogP contribution in [-0.2, 0) is 9.59 Å². The maximum atomic E-state index is 12.8. The summed E-state index contributed by atoms with van der Waals surface area (Å²) in [6, 6.07) is -0.418. The van der Waals surface area contributed by atoms with Gasteiger partial charge in [-0.05, 0) is 43.9 Å². The van der Waals surface area contributed by atoms with Gasteiger partial charge in [-0.1, -0.05) is 46.5 Å². The lowest BCUT2D eigenvalue weighted by atomic mass is 9.75. The predicted octanol–water partition coefficient (Wildman–Crippen LogP) is 3.21. The summed E-state index contributed by atoms with van der Waals surface area (Å²) in [4.78, 5) is 38.5. The van der Waals surface area contributed by atoms with Crippen LogP contribution in [0.1, 0.15) is 78.6 Å². The van der Waals surface area contributed by atoms with Crippen molar-refractivity contribution in [3.63, 3.8) is 0 Å². The highest BCUT2D eigenvalue weighted by Crippen LogP contribution is 2.37. The van der Waals surface area contributed by atoms with E-state index in [-0.39, 0.29) is 18.4 Å². The molecule has 0 bridgehead atoms. The third-order valence-electron chi connectivity index (χ3n) is 6.21. The van der Waals surface area contributed by atoms with Crippen LogP contribution in [0.4, 0.5) is 4.79 Å². The van der Waals surface area contributed by atoms with Crippen molar-refractivity contribution in [2.75, 3.05) is 13.1 Å². The highest BCUT2D eigenvalue weighted by Gasteiger charge is 2.52. The number of carbonyl (C=O) groups excluding carboxylic acids is 3. The number of nitrogens with zero attached hydrogens (tertiary/aromatic N) is 1. The summed E-state index contributed by atoms with van der Waals surface area (Å²) in [6.07, 6.45) is 8.81. The number of imide groups is 1. The van der Waals surface area contributed by atoms with Crippen LogP contribution in [0.15, 0.2) is 0 Å². The van der Waals surface area contributed by atoms with Crippen LogP contribution in [0.25, 0.3) is 0 Å². The van der Waals surface area contributed by atoms with E-state index in [0.717, 1.165) is 49.8 Å². The molecule has 1 aliphatic heterocycles. The zero-order valence-corrected chi connectivity index (χ0v) is 16.6. The van der Waals surface area contributed by atoms with Crippen molar-refractivity contribution in [3.8, 4) is 0 Å². The summed E-state index contributed by atoms with van der Waals surface area (Å²) < 4.78 is 0. The molecule has 2 rings (SSSR count). The summed E-state index contributed by atoms with van der Waals surface area (Å²) in [7, 11) is 0. The van der Waals surface area contributed by atoms with Crippen molar-refractivity contribution in [2.45, 2.75) is 84.1 Å². The quantitative estimate of drug-likeness (QED) is 0.616. The van der Waals surface area contributed by atoms with Gasteiger partial charge in [0, 0.05) is 6.54 Å². The van der Waals surface area contributed by atoms with E-state index in [4.69, 9.17) is 0 Å². The topological polar surface area (TPSA) is 78.5 Å². The molecule has 0 aromatic heterocycles. The first-order valence-electron chi connectivity index (χ1n) is 10.4. The fourth-order valence-electron chi connectivity index (χ4n) is 4.14. The molecule has 1 aliphatic carbocycles. The highest BCUT2D eigenvalue weighted by molar-refractivity contribution is 6.09. The van der Waals surface area contributed by atoms with Crippen LogP contribution >= 0.6 is 0 Å². The number of amides is 4. The van der Waals surface area contributed by atoms with E-state index in [1.807, 2.05) is 0 Å². The van der Waals surface area contributed by atoms with Gasteiger partial charge in [0.05, 0.1) is 0 Å². The van der Waals surface area contributed by atoms with Gasteiger partial charge in [0.2, 0.25) is 5.91 Å². The van der Waals surface area contributed by atoms with Crippen molar-refractivity contribution in [3.05, 3.63) is 0 Å². The molecule has 2 aliphatic rings. The van der Waals surface area contributed by atoms with Crippen molar-refractivity contribution in [1.29, 1.82) is 0 Å². The van der Waals surface area contributed by atoms with Gasteiger partial charge in [0.25, 0.3) is 5.91 Å². The molecule has 1 atom stereocenters. The molecule has 4 amide bonds. The molecule has 6 nitrogen and oxygen atoms in total. The first kappa shape index (κ1) is 20.7. The van der Waals surface area contributed by atoms with Crippen LogP contribution in [0.5, 0.6) is 0 Å². The predicted molar refractivity (Wildman–Crippen MR) is 102 cm³/mol. The second-order valence-electron chi connectivity index (χ2n) is 7.98. The molecule has 1 saturated heterocycles. The summed E-state index contributed by atoms with van der Waals surface area (Å²) in [5.41, 5.74) is -0.768. The molecule has 6 heteroatoms. The molecular formula is C20H35N3O3. The SMILES string of the molecule is CCCCC(CC)CNC(=O)CN1C(=O)NC2(CCC(CC)CC2)C1=O. The minimum atomic E-state index is -0.768. The smallest absolute Gasteiger partial charge is 0.325 e. The van der Waals surface area contributed by atoms with Crippen LogP contribution in [0.2, 0.25) is 0 Å². The first-order chi connectivity index (χ1) is 12.5. The zero-order valence-electron chi connectivity index (χ0n) is 16.6. The van der Waals surface area contributed by atoms with Crippen molar-refractivity contribution in [1.82, 2.24) is 15.5 Å². The molecule has 26 heavy (non-hydrogen) atoms. The Morgan fingerprint density at radius 1 is 1.27 bits per heavy atom. The van der Waals surface area contributed by atoms with Crippen LogP contribution in [-0.4, -0.2) is 41.4 Å². The number of hydrogen-bond acceptors (Lipinski definition) is 3. The third-order valence-corrected chi connectivity index (χ3v) is 6.21. The lowest BCUT2D eigenvalue weighted by Gasteiger charge is -2.34. The normalized spacial score (nSPS) is 26.9. The van der Waals surface area contributed by atoms with E-state index < -0.39 is 11.6 Å². The second-order valence-corrected chi connectivity index (χ2v) is 7.98. The number of carbonyl (C=O) groups is 3. The molecule has 0 radical (unpaired) electrons. The Bertz CT molecular complexity index is 512. The van der Waals surface area contributed by atoms with Gasteiger partial charge in [0.15, 0.2) is 0 Å². The van der Waals surface area contributed by atoms with Crippen molar-refractivity contribution < 1.29 is 14.4 Å². The number of urea groups is 1. The van der Waals surface area contributed by atoms with E-state index >= 15 is 0 Å². The first-order valence-corrected chi connectivity index (χ1v) is 10.4. The van der Waals surface area contributed by atoms with Gasteiger partial charge in [-0.2, -0.15) is 0 Å². The average molecular weight is 366 g/mol. The Balaban J connectivity index is 1.86. The van der Waals surface area contributed by atoms with E-state index in [1.165, 1.54) is 0 Å². The fourth-order valence-corrected chi connectivity index (χ4v) is 4.14. The number of rotatable bonds is 9. The summed E-state index contributed by atoms with van der Waals surface area (Å²) in [6.45, 7) is 6.89. The lowest BCUT2D eigenvalue weighted by Crippen LogP contribution is -2.50. The largest absolute Gasteiger partial charge is 0.354 e. The Morgan fingerprint density at radius 3 is 2.54 bits per heavy atom. The molecule has 2 fully saturated rings. The number of nitrogens with one attached hydrogen (secondary N) is 2. The summed E-state index contributed by atoms with van der Waals surface area (Å²) >= 11 is 0. The molecular weight excluding hydrogens is 330 g/mol.